The summed E-state index contributed by atoms with van der Waals surface area (Å²) in [5.74, 6) is 6.18. The van der Waals surface area contributed by atoms with Crippen LogP contribution in [0.1, 0.15) is 5.56 Å². The maximum absolute atomic E-state index is 13.9. The molecule has 0 aliphatic carbocycles. The quantitative estimate of drug-likeness (QED) is 0.279. The molecule has 4 aromatic rings. The predicted molar refractivity (Wildman–Crippen MR) is 119 cm³/mol. The summed E-state index contributed by atoms with van der Waals surface area (Å²) in [6, 6.07) is 32.1. The second-order valence-electron chi connectivity index (χ2n) is 6.32. The number of hydrogen-bond donors (Lipinski definition) is 0. The number of hydrogen-bond acceptors (Lipinski definition) is 2. The van der Waals surface area contributed by atoms with Gasteiger partial charge in [0.05, 0.1) is 12.2 Å². The van der Waals surface area contributed by atoms with E-state index in [1.165, 1.54) is 0 Å². The molecule has 0 unspecified atom stereocenters. The van der Waals surface area contributed by atoms with Crippen LogP contribution in [0.3, 0.4) is 0 Å². The molecule has 0 atom stereocenters. The summed E-state index contributed by atoms with van der Waals surface area (Å²) in [6.45, 7) is 0.290. The molecule has 1 nitrogen and oxygen atoms in total. The third-order valence-corrected chi connectivity index (χ3v) is 5.06. The van der Waals surface area contributed by atoms with Gasteiger partial charge in [0.25, 0.3) is 0 Å². The van der Waals surface area contributed by atoms with Gasteiger partial charge in [-0.1, -0.05) is 90.7 Å². The zero-order valence-electron chi connectivity index (χ0n) is 15.2. The van der Waals surface area contributed by atoms with E-state index < -0.39 is 0 Å². The Hall–Kier alpha value is -3.22. The summed E-state index contributed by atoms with van der Waals surface area (Å²) in [7, 11) is 0. The predicted octanol–water partition coefficient (Wildman–Crippen LogP) is 6.90. The fourth-order valence-corrected chi connectivity index (χ4v) is 3.61. The molecule has 0 N–H and O–H groups in total. The van der Waals surface area contributed by atoms with Crippen molar-refractivity contribution in [3.8, 4) is 23.0 Å². The highest BCUT2D eigenvalue weighted by atomic mass is 32.2. The minimum absolute atomic E-state index is 0.203. The fraction of sp³-hybridized carbons (Fsp3) is 0.0400. The van der Waals surface area contributed by atoms with Gasteiger partial charge in [-0.05, 0) is 34.5 Å². The van der Waals surface area contributed by atoms with Crippen LogP contribution in [0.2, 0.25) is 0 Å². The van der Waals surface area contributed by atoms with Gasteiger partial charge >= 0.3 is 0 Å². The molecule has 0 aromatic heterocycles. The van der Waals surface area contributed by atoms with Crippen molar-refractivity contribution in [2.75, 3.05) is 10.8 Å². The smallest absolute Gasteiger partial charge is 0.166 e. The van der Waals surface area contributed by atoms with Gasteiger partial charge in [-0.3, -0.25) is 4.31 Å². The van der Waals surface area contributed by atoms with Crippen molar-refractivity contribution in [2.45, 2.75) is 0 Å². The molecule has 0 radical (unpaired) electrons. The van der Waals surface area contributed by atoms with E-state index in [2.05, 4.69) is 36.1 Å². The standard InChI is InChI=1S/C25H18FNS/c26-28-27(19-9-12-20-10-2-1-3-11-20)25-18-7-6-16-24(25)23-17-8-14-21-13-4-5-15-22(21)23/h1-8,10-11,13-18H,19H2. The van der Waals surface area contributed by atoms with Crippen molar-refractivity contribution in [2.24, 2.45) is 0 Å². The molecule has 3 heteroatoms. The van der Waals surface area contributed by atoms with Gasteiger partial charge in [0, 0.05) is 11.1 Å². The highest BCUT2D eigenvalue weighted by Gasteiger charge is 2.14. The van der Waals surface area contributed by atoms with Crippen LogP contribution in [-0.2, 0) is 0 Å². The molecule has 136 valence electrons. The van der Waals surface area contributed by atoms with Gasteiger partial charge in [-0.15, -0.1) is 3.89 Å². The summed E-state index contributed by atoms with van der Waals surface area (Å²) in [6.07, 6.45) is 0. The highest BCUT2D eigenvalue weighted by molar-refractivity contribution is 7.95. The van der Waals surface area contributed by atoms with E-state index in [-0.39, 0.29) is 18.9 Å². The molecule has 0 aliphatic rings. The Kier molecular flexibility index (Phi) is 5.61. The Morgan fingerprint density at radius 3 is 2.25 bits per heavy atom. The van der Waals surface area contributed by atoms with Crippen LogP contribution < -0.4 is 4.31 Å². The van der Waals surface area contributed by atoms with Crippen molar-refractivity contribution in [3.05, 3.63) is 103 Å². The summed E-state index contributed by atoms with van der Waals surface area (Å²) in [5, 5.41) is 2.31. The molecule has 4 aromatic carbocycles. The summed E-state index contributed by atoms with van der Waals surface area (Å²) in [5.41, 5.74) is 3.82. The Morgan fingerprint density at radius 1 is 0.714 bits per heavy atom. The number of rotatable bonds is 4. The van der Waals surface area contributed by atoms with Crippen molar-refractivity contribution < 1.29 is 3.89 Å². The molecule has 0 saturated carbocycles. The fourth-order valence-electron chi connectivity index (χ4n) is 3.26. The van der Waals surface area contributed by atoms with Crippen LogP contribution in [-0.4, -0.2) is 6.54 Å². The Balaban J connectivity index is 1.71. The summed E-state index contributed by atoms with van der Waals surface area (Å²) < 4.78 is 15.4. The molecule has 0 spiro atoms. The maximum atomic E-state index is 13.9. The summed E-state index contributed by atoms with van der Waals surface area (Å²) >= 11 is 0.203. The molecular weight excluding hydrogens is 365 g/mol. The maximum Gasteiger partial charge on any atom is 0.166 e. The van der Waals surface area contributed by atoms with Crippen LogP contribution in [0.25, 0.3) is 21.9 Å². The molecule has 0 bridgehead atoms. The normalized spacial score (nSPS) is 10.3. The largest absolute Gasteiger partial charge is 0.276 e. The van der Waals surface area contributed by atoms with Crippen LogP contribution in [0, 0.1) is 11.8 Å². The minimum Gasteiger partial charge on any atom is -0.276 e. The highest BCUT2D eigenvalue weighted by Crippen LogP contribution is 2.37. The zero-order chi connectivity index (χ0) is 19.2. The molecule has 0 amide bonds. The van der Waals surface area contributed by atoms with Crippen LogP contribution >= 0.6 is 12.3 Å². The van der Waals surface area contributed by atoms with Crippen LogP contribution in [0.5, 0.6) is 0 Å². The van der Waals surface area contributed by atoms with E-state index >= 15 is 0 Å². The van der Waals surface area contributed by atoms with E-state index in [0.29, 0.717) is 0 Å². The average Bonchev–Trinajstić information content (AvgIpc) is 2.77. The van der Waals surface area contributed by atoms with E-state index in [9.17, 15) is 3.89 Å². The lowest BCUT2D eigenvalue weighted by molar-refractivity contribution is 0.925. The average molecular weight is 383 g/mol. The first kappa shape index (κ1) is 18.2. The third kappa shape index (κ3) is 3.88. The van der Waals surface area contributed by atoms with Crippen molar-refractivity contribution in [3.63, 3.8) is 0 Å². The summed E-state index contributed by atoms with van der Waals surface area (Å²) in [4.78, 5) is 0. The number of para-hydroxylation sites is 1. The molecular formula is C25H18FNS. The van der Waals surface area contributed by atoms with Gasteiger partial charge in [0.1, 0.15) is 0 Å². The molecule has 0 saturated heterocycles. The first-order valence-electron chi connectivity index (χ1n) is 9.04. The Morgan fingerprint density at radius 2 is 1.39 bits per heavy atom. The lowest BCUT2D eigenvalue weighted by Crippen LogP contribution is -2.13. The van der Waals surface area contributed by atoms with Gasteiger partial charge < -0.3 is 0 Å². The monoisotopic (exact) mass is 383 g/mol. The van der Waals surface area contributed by atoms with Crippen molar-refractivity contribution in [1.82, 2.24) is 0 Å². The van der Waals surface area contributed by atoms with Crippen LogP contribution in [0.4, 0.5) is 9.57 Å². The van der Waals surface area contributed by atoms with Gasteiger partial charge in [-0.2, -0.15) is 0 Å². The lowest BCUT2D eigenvalue weighted by atomic mass is 9.97. The van der Waals surface area contributed by atoms with E-state index in [1.54, 1.807) is 4.31 Å². The first-order chi connectivity index (χ1) is 13.9. The second kappa shape index (κ2) is 8.65. The molecule has 4 rings (SSSR count). The van der Waals surface area contributed by atoms with Crippen molar-refractivity contribution in [1.29, 1.82) is 0 Å². The van der Waals surface area contributed by atoms with Gasteiger partial charge in [0.2, 0.25) is 0 Å². The van der Waals surface area contributed by atoms with Crippen molar-refractivity contribution >= 4 is 28.8 Å². The molecule has 0 aliphatic heterocycles. The third-order valence-electron chi connectivity index (χ3n) is 4.57. The number of fused-ring (bicyclic) bond motifs is 1. The second-order valence-corrected chi connectivity index (χ2v) is 6.90. The molecule has 28 heavy (non-hydrogen) atoms. The number of nitrogens with zero attached hydrogens (tertiary/aromatic N) is 1. The van der Waals surface area contributed by atoms with E-state index in [1.807, 2.05) is 72.8 Å². The lowest BCUT2D eigenvalue weighted by Gasteiger charge is -2.20. The zero-order valence-corrected chi connectivity index (χ0v) is 16.0. The van der Waals surface area contributed by atoms with E-state index in [4.69, 9.17) is 0 Å². The minimum atomic E-state index is 0.203. The SMILES string of the molecule is FSN(CC#Cc1ccccc1)c1ccccc1-c1cccc2ccccc12. The number of benzene rings is 4. The molecule has 0 heterocycles. The number of halogens is 1. The topological polar surface area (TPSA) is 3.24 Å². The molecule has 0 fully saturated rings. The van der Waals surface area contributed by atoms with E-state index in [0.717, 1.165) is 33.2 Å². The van der Waals surface area contributed by atoms with Crippen LogP contribution in [0.15, 0.2) is 97.1 Å². The van der Waals surface area contributed by atoms with Gasteiger partial charge in [0.15, 0.2) is 12.3 Å². The first-order valence-corrected chi connectivity index (χ1v) is 9.71. The Labute approximate surface area is 169 Å². The Bertz CT molecular complexity index is 1140. The number of anilines is 1. The van der Waals surface area contributed by atoms with Gasteiger partial charge in [-0.25, -0.2) is 0 Å².